The van der Waals surface area contributed by atoms with Crippen molar-refractivity contribution >= 4 is 39.9 Å². The van der Waals surface area contributed by atoms with Gasteiger partial charge in [-0.2, -0.15) is 0 Å². The lowest BCUT2D eigenvalue weighted by Crippen LogP contribution is -2.30. The van der Waals surface area contributed by atoms with Crippen molar-refractivity contribution in [3.05, 3.63) is 88.7 Å². The van der Waals surface area contributed by atoms with Crippen LogP contribution in [-0.2, 0) is 4.79 Å². The average Bonchev–Trinajstić information content (AvgIpc) is 3.57. The van der Waals surface area contributed by atoms with Gasteiger partial charge in [-0.3, -0.25) is 14.5 Å². The number of nitrogens with zero attached hydrogens (tertiary/aromatic N) is 1. The SMILES string of the molecule is CCOc1cccc(N2C(=O)C(O)=C(C(=O)c3cc4cc(Cl)cc(OC)c4o3)C2c2ccco2)c1. The van der Waals surface area contributed by atoms with E-state index in [2.05, 4.69) is 0 Å². The fourth-order valence-electron chi connectivity index (χ4n) is 4.19. The van der Waals surface area contributed by atoms with Gasteiger partial charge in [-0.15, -0.1) is 0 Å². The molecule has 0 aliphatic carbocycles. The van der Waals surface area contributed by atoms with E-state index in [0.717, 1.165) is 0 Å². The first-order chi connectivity index (χ1) is 16.9. The number of aliphatic hydroxyl groups is 1. The summed E-state index contributed by atoms with van der Waals surface area (Å²) in [5.41, 5.74) is 0.575. The van der Waals surface area contributed by atoms with Crippen LogP contribution in [-0.4, -0.2) is 30.5 Å². The molecule has 2 aromatic carbocycles. The number of benzene rings is 2. The van der Waals surface area contributed by atoms with Gasteiger partial charge in [0.15, 0.2) is 22.9 Å². The minimum atomic E-state index is -1.03. The molecule has 9 heteroatoms. The summed E-state index contributed by atoms with van der Waals surface area (Å²) < 4.78 is 22.3. The highest BCUT2D eigenvalue weighted by molar-refractivity contribution is 6.31. The highest BCUT2D eigenvalue weighted by Gasteiger charge is 2.47. The van der Waals surface area contributed by atoms with Gasteiger partial charge in [0, 0.05) is 28.2 Å². The van der Waals surface area contributed by atoms with Crippen LogP contribution in [0.1, 0.15) is 29.3 Å². The summed E-state index contributed by atoms with van der Waals surface area (Å²) in [6, 6.07) is 13.7. The van der Waals surface area contributed by atoms with Gasteiger partial charge >= 0.3 is 0 Å². The van der Waals surface area contributed by atoms with Crippen LogP contribution in [0.15, 0.2) is 81.0 Å². The van der Waals surface area contributed by atoms with Crippen molar-refractivity contribution in [1.82, 2.24) is 0 Å². The molecule has 5 rings (SSSR count). The molecule has 0 saturated carbocycles. The molecule has 4 aromatic rings. The van der Waals surface area contributed by atoms with Crippen molar-refractivity contribution in [2.75, 3.05) is 18.6 Å². The fraction of sp³-hybridized carbons (Fsp3) is 0.154. The molecular formula is C26H20ClNO7. The third kappa shape index (κ3) is 3.81. The van der Waals surface area contributed by atoms with Gasteiger partial charge in [0.05, 0.1) is 25.6 Å². The fourth-order valence-corrected chi connectivity index (χ4v) is 4.41. The highest BCUT2D eigenvalue weighted by Crippen LogP contribution is 2.43. The number of halogens is 1. The molecule has 2 aromatic heterocycles. The molecular weight excluding hydrogens is 474 g/mol. The lowest BCUT2D eigenvalue weighted by Gasteiger charge is -2.25. The van der Waals surface area contributed by atoms with E-state index in [9.17, 15) is 14.7 Å². The highest BCUT2D eigenvalue weighted by atomic mass is 35.5. The molecule has 35 heavy (non-hydrogen) atoms. The topological polar surface area (TPSA) is 102 Å². The number of hydrogen-bond acceptors (Lipinski definition) is 7. The number of rotatable bonds is 7. The van der Waals surface area contributed by atoms with Crippen LogP contribution in [0.3, 0.4) is 0 Å². The van der Waals surface area contributed by atoms with Crippen LogP contribution >= 0.6 is 11.6 Å². The molecule has 1 unspecified atom stereocenters. The Bertz CT molecular complexity index is 1470. The number of amides is 1. The maximum atomic E-state index is 13.7. The minimum absolute atomic E-state index is 0.0867. The second-order valence-electron chi connectivity index (χ2n) is 7.75. The Hall–Kier alpha value is -4.17. The van der Waals surface area contributed by atoms with Crippen LogP contribution in [0.25, 0.3) is 11.0 Å². The molecule has 0 saturated heterocycles. The Morgan fingerprint density at radius 2 is 2.00 bits per heavy atom. The van der Waals surface area contributed by atoms with Crippen molar-refractivity contribution in [3.8, 4) is 11.5 Å². The number of carbonyl (C=O) groups is 2. The predicted octanol–water partition coefficient (Wildman–Crippen LogP) is 5.87. The standard InChI is InChI=1S/C26H20ClNO7/c1-3-33-17-7-4-6-16(13-17)28-22(18-8-5-9-34-18)21(24(30)26(28)31)23(29)19-11-14-10-15(27)12-20(32-2)25(14)35-19/h4-13,22,30H,3H2,1-2H3. The van der Waals surface area contributed by atoms with Crippen molar-refractivity contribution < 1.29 is 33.0 Å². The largest absolute Gasteiger partial charge is 0.503 e. The summed E-state index contributed by atoms with van der Waals surface area (Å²) in [7, 11) is 1.46. The first-order valence-electron chi connectivity index (χ1n) is 10.8. The van der Waals surface area contributed by atoms with Crippen molar-refractivity contribution in [1.29, 1.82) is 0 Å². The molecule has 0 radical (unpaired) electrons. The Labute approximate surface area is 204 Å². The van der Waals surface area contributed by atoms with Gasteiger partial charge < -0.3 is 23.4 Å². The quantitative estimate of drug-likeness (QED) is 0.321. The molecule has 1 N–H and O–H groups in total. The van der Waals surface area contributed by atoms with Crippen molar-refractivity contribution in [2.45, 2.75) is 13.0 Å². The summed E-state index contributed by atoms with van der Waals surface area (Å²) in [5.74, 6) is -1.01. The lowest BCUT2D eigenvalue weighted by molar-refractivity contribution is -0.117. The third-order valence-corrected chi connectivity index (χ3v) is 5.88. The minimum Gasteiger partial charge on any atom is -0.503 e. The molecule has 1 aliphatic rings. The summed E-state index contributed by atoms with van der Waals surface area (Å²) in [6.07, 6.45) is 1.43. The second kappa shape index (κ2) is 8.88. The number of ether oxygens (including phenoxy) is 2. The van der Waals surface area contributed by atoms with Gasteiger partial charge in [0.2, 0.25) is 5.78 Å². The molecule has 1 atom stereocenters. The average molecular weight is 494 g/mol. The van der Waals surface area contributed by atoms with Gasteiger partial charge in [0.25, 0.3) is 5.91 Å². The van der Waals surface area contributed by atoms with Crippen molar-refractivity contribution in [3.63, 3.8) is 0 Å². The maximum absolute atomic E-state index is 13.7. The van der Waals surface area contributed by atoms with Gasteiger partial charge in [-0.05, 0) is 43.3 Å². The van der Waals surface area contributed by atoms with E-state index in [-0.39, 0.29) is 11.3 Å². The van der Waals surface area contributed by atoms with Crippen LogP contribution in [0, 0.1) is 0 Å². The van der Waals surface area contributed by atoms with Gasteiger partial charge in [0.1, 0.15) is 17.6 Å². The van der Waals surface area contributed by atoms with E-state index >= 15 is 0 Å². The number of furan rings is 2. The Kier molecular flexibility index (Phi) is 5.74. The maximum Gasteiger partial charge on any atom is 0.294 e. The number of fused-ring (bicyclic) bond motifs is 1. The monoisotopic (exact) mass is 493 g/mol. The van der Waals surface area contributed by atoms with Crippen LogP contribution in [0.2, 0.25) is 5.02 Å². The summed E-state index contributed by atoms with van der Waals surface area (Å²) in [6.45, 7) is 2.28. The number of carbonyl (C=O) groups excluding carboxylic acids is 2. The van der Waals surface area contributed by atoms with E-state index in [1.807, 2.05) is 6.92 Å². The number of hydrogen-bond donors (Lipinski definition) is 1. The van der Waals surface area contributed by atoms with Crippen molar-refractivity contribution in [2.24, 2.45) is 0 Å². The van der Waals surface area contributed by atoms with E-state index in [4.69, 9.17) is 29.9 Å². The summed E-state index contributed by atoms with van der Waals surface area (Å²) in [5, 5.41) is 11.8. The van der Waals surface area contributed by atoms with Crippen LogP contribution < -0.4 is 14.4 Å². The van der Waals surface area contributed by atoms with Gasteiger partial charge in [-0.1, -0.05) is 17.7 Å². The molecule has 3 heterocycles. The van der Waals surface area contributed by atoms with E-state index in [1.54, 1.807) is 48.5 Å². The summed E-state index contributed by atoms with van der Waals surface area (Å²) >= 11 is 6.14. The smallest absolute Gasteiger partial charge is 0.294 e. The van der Waals surface area contributed by atoms with Crippen LogP contribution in [0.5, 0.6) is 11.5 Å². The summed E-state index contributed by atoms with van der Waals surface area (Å²) in [4.78, 5) is 28.2. The zero-order chi connectivity index (χ0) is 24.7. The molecule has 0 bridgehead atoms. The third-order valence-electron chi connectivity index (χ3n) is 5.66. The molecule has 1 aliphatic heterocycles. The Morgan fingerprint density at radius 1 is 1.17 bits per heavy atom. The predicted molar refractivity (Wildman–Crippen MR) is 128 cm³/mol. The molecule has 0 fully saturated rings. The molecule has 0 spiro atoms. The van der Waals surface area contributed by atoms with E-state index in [1.165, 1.54) is 24.3 Å². The first-order valence-corrected chi connectivity index (χ1v) is 11.2. The lowest BCUT2D eigenvalue weighted by atomic mass is 9.99. The van der Waals surface area contributed by atoms with Crippen LogP contribution in [0.4, 0.5) is 5.69 Å². The number of aliphatic hydroxyl groups excluding tert-OH is 1. The zero-order valence-corrected chi connectivity index (χ0v) is 19.5. The normalized spacial score (nSPS) is 15.8. The number of Topliss-reactive ketones (excluding diaryl/α,β-unsaturated/α-hetero) is 1. The Balaban J connectivity index is 1.62. The number of anilines is 1. The van der Waals surface area contributed by atoms with E-state index in [0.29, 0.717) is 45.5 Å². The van der Waals surface area contributed by atoms with E-state index < -0.39 is 23.5 Å². The van der Waals surface area contributed by atoms with Gasteiger partial charge in [-0.25, -0.2) is 0 Å². The zero-order valence-electron chi connectivity index (χ0n) is 18.8. The first kappa shape index (κ1) is 22.6. The number of ketones is 1. The Morgan fingerprint density at radius 3 is 2.71 bits per heavy atom. The molecule has 8 nitrogen and oxygen atoms in total. The second-order valence-corrected chi connectivity index (χ2v) is 8.19. The molecule has 1 amide bonds. The number of methoxy groups -OCH3 is 1. The molecule has 178 valence electrons.